The number of benzene rings is 1. The van der Waals surface area contributed by atoms with Gasteiger partial charge in [0.25, 0.3) is 0 Å². The summed E-state index contributed by atoms with van der Waals surface area (Å²) in [7, 11) is 3.66. The van der Waals surface area contributed by atoms with Crippen LogP contribution in [-0.4, -0.2) is 33.2 Å². The summed E-state index contributed by atoms with van der Waals surface area (Å²) >= 11 is 0. The van der Waals surface area contributed by atoms with Crippen LogP contribution in [0.2, 0.25) is 0 Å². The van der Waals surface area contributed by atoms with Gasteiger partial charge in [-0.15, -0.1) is 0 Å². The third-order valence-corrected chi connectivity index (χ3v) is 3.94. The van der Waals surface area contributed by atoms with Crippen LogP contribution in [0, 0.1) is 6.92 Å². The number of imidazole rings is 1. The topological polar surface area (TPSA) is 74.1 Å². The van der Waals surface area contributed by atoms with E-state index in [4.69, 9.17) is 9.47 Å². The van der Waals surface area contributed by atoms with Crippen molar-refractivity contribution in [2.45, 2.75) is 27.0 Å². The Bertz CT molecular complexity index is 875. The predicted molar refractivity (Wildman–Crippen MR) is 96.7 cm³/mol. The highest BCUT2D eigenvalue weighted by atomic mass is 16.5. The molecule has 7 heteroatoms. The molecule has 0 saturated carbocycles. The fourth-order valence-electron chi connectivity index (χ4n) is 2.66. The second-order valence-corrected chi connectivity index (χ2v) is 5.74. The minimum atomic E-state index is 0.416. The molecule has 3 rings (SSSR count). The van der Waals surface area contributed by atoms with E-state index in [0.29, 0.717) is 25.6 Å². The smallest absolute Gasteiger partial charge is 0.156 e. The molecule has 0 saturated heterocycles. The summed E-state index contributed by atoms with van der Waals surface area (Å²) in [6.45, 7) is 5.53. The van der Waals surface area contributed by atoms with Gasteiger partial charge in [0.1, 0.15) is 24.0 Å². The van der Waals surface area contributed by atoms with Gasteiger partial charge in [-0.3, -0.25) is 0 Å². The number of hydrogen-bond acceptors (Lipinski definition) is 6. The standard InChI is InChI=1S/C18H23N5O2/c1-5-25-11-17-20-12(2)8-16(22-17)19-10-18-21-14-9-13(24-4)6-7-15(14)23(18)3/h6-9H,5,10-11H2,1-4H3,(H,19,20,22). The lowest BCUT2D eigenvalue weighted by Gasteiger charge is -2.09. The Labute approximate surface area is 147 Å². The van der Waals surface area contributed by atoms with Crippen molar-refractivity contribution < 1.29 is 9.47 Å². The molecule has 0 aliphatic rings. The summed E-state index contributed by atoms with van der Waals surface area (Å²) < 4.78 is 12.7. The third-order valence-electron chi connectivity index (χ3n) is 3.94. The Hall–Kier alpha value is -2.67. The van der Waals surface area contributed by atoms with Crippen LogP contribution in [0.5, 0.6) is 5.75 Å². The van der Waals surface area contributed by atoms with E-state index < -0.39 is 0 Å². The van der Waals surface area contributed by atoms with Crippen LogP contribution in [0.1, 0.15) is 24.3 Å². The average Bonchev–Trinajstić information content (AvgIpc) is 2.93. The molecular weight excluding hydrogens is 318 g/mol. The van der Waals surface area contributed by atoms with Crippen molar-refractivity contribution in [3.05, 3.63) is 41.6 Å². The second kappa shape index (κ2) is 7.48. The summed E-state index contributed by atoms with van der Waals surface area (Å²) in [5.41, 5.74) is 2.88. The van der Waals surface area contributed by atoms with Crippen molar-refractivity contribution in [2.75, 3.05) is 19.0 Å². The first-order valence-electron chi connectivity index (χ1n) is 8.26. The van der Waals surface area contributed by atoms with Crippen molar-refractivity contribution in [2.24, 2.45) is 7.05 Å². The quantitative estimate of drug-likeness (QED) is 0.712. The fraction of sp³-hybridized carbons (Fsp3) is 0.389. The number of hydrogen-bond donors (Lipinski definition) is 1. The zero-order valence-corrected chi connectivity index (χ0v) is 15.0. The summed E-state index contributed by atoms with van der Waals surface area (Å²) in [5, 5.41) is 3.33. The molecule has 2 aromatic heterocycles. The Morgan fingerprint density at radius 2 is 2.00 bits per heavy atom. The molecule has 0 amide bonds. The molecule has 2 heterocycles. The minimum absolute atomic E-state index is 0.416. The number of nitrogens with one attached hydrogen (secondary N) is 1. The summed E-state index contributed by atoms with van der Waals surface area (Å²) in [6, 6.07) is 7.81. The number of fused-ring (bicyclic) bond motifs is 1. The lowest BCUT2D eigenvalue weighted by Crippen LogP contribution is -2.09. The van der Waals surface area contributed by atoms with Crippen LogP contribution >= 0.6 is 0 Å². The molecule has 0 atom stereocenters. The van der Waals surface area contributed by atoms with Gasteiger partial charge >= 0.3 is 0 Å². The Morgan fingerprint density at radius 1 is 1.16 bits per heavy atom. The van der Waals surface area contributed by atoms with Crippen molar-refractivity contribution in [1.82, 2.24) is 19.5 Å². The van der Waals surface area contributed by atoms with Gasteiger partial charge in [0, 0.05) is 31.5 Å². The average molecular weight is 341 g/mol. The highest BCUT2D eigenvalue weighted by Gasteiger charge is 2.09. The highest BCUT2D eigenvalue weighted by Crippen LogP contribution is 2.21. The van der Waals surface area contributed by atoms with Gasteiger partial charge in [0.05, 0.1) is 24.7 Å². The molecule has 1 aromatic carbocycles. The molecule has 0 unspecified atom stereocenters. The monoisotopic (exact) mass is 341 g/mol. The number of nitrogens with zero attached hydrogens (tertiary/aromatic N) is 4. The zero-order chi connectivity index (χ0) is 17.8. The van der Waals surface area contributed by atoms with Crippen molar-refractivity contribution in [3.63, 3.8) is 0 Å². The zero-order valence-electron chi connectivity index (χ0n) is 15.0. The molecule has 0 radical (unpaired) electrons. The van der Waals surface area contributed by atoms with Gasteiger partial charge in [-0.2, -0.15) is 0 Å². The molecule has 0 bridgehead atoms. The maximum absolute atomic E-state index is 5.39. The number of anilines is 1. The van der Waals surface area contributed by atoms with Crippen molar-refractivity contribution in [1.29, 1.82) is 0 Å². The Kier molecular flexibility index (Phi) is 5.14. The number of rotatable bonds is 7. The number of aromatic nitrogens is 4. The van der Waals surface area contributed by atoms with E-state index in [2.05, 4.69) is 24.8 Å². The molecule has 7 nitrogen and oxygen atoms in total. The normalized spacial score (nSPS) is 11.0. The summed E-state index contributed by atoms with van der Waals surface area (Å²) in [5.74, 6) is 3.17. The van der Waals surface area contributed by atoms with Gasteiger partial charge in [-0.25, -0.2) is 15.0 Å². The molecular formula is C18H23N5O2. The van der Waals surface area contributed by atoms with E-state index in [0.717, 1.165) is 34.1 Å². The lowest BCUT2D eigenvalue weighted by atomic mass is 10.3. The molecule has 0 aliphatic carbocycles. The van der Waals surface area contributed by atoms with Gasteiger partial charge in [-0.1, -0.05) is 0 Å². The van der Waals surface area contributed by atoms with Crippen LogP contribution in [0.4, 0.5) is 5.82 Å². The molecule has 0 aliphatic heterocycles. The van der Waals surface area contributed by atoms with E-state index >= 15 is 0 Å². The molecule has 132 valence electrons. The minimum Gasteiger partial charge on any atom is -0.497 e. The predicted octanol–water partition coefficient (Wildman–Crippen LogP) is 2.83. The highest BCUT2D eigenvalue weighted by molar-refractivity contribution is 5.77. The number of ether oxygens (including phenoxy) is 2. The first-order valence-corrected chi connectivity index (χ1v) is 8.26. The van der Waals surface area contributed by atoms with Gasteiger partial charge in [-0.05, 0) is 26.0 Å². The van der Waals surface area contributed by atoms with Crippen LogP contribution in [0.25, 0.3) is 11.0 Å². The molecule has 1 N–H and O–H groups in total. The summed E-state index contributed by atoms with van der Waals surface area (Å²) in [6.07, 6.45) is 0. The van der Waals surface area contributed by atoms with Crippen LogP contribution < -0.4 is 10.1 Å². The van der Waals surface area contributed by atoms with Crippen molar-refractivity contribution in [3.8, 4) is 5.75 Å². The summed E-state index contributed by atoms with van der Waals surface area (Å²) in [4.78, 5) is 13.6. The molecule has 25 heavy (non-hydrogen) atoms. The lowest BCUT2D eigenvalue weighted by molar-refractivity contribution is 0.128. The molecule has 0 spiro atoms. The Balaban J connectivity index is 1.78. The molecule has 0 fully saturated rings. The van der Waals surface area contributed by atoms with Crippen LogP contribution in [-0.2, 0) is 24.9 Å². The second-order valence-electron chi connectivity index (χ2n) is 5.74. The first-order chi connectivity index (χ1) is 12.1. The SMILES string of the molecule is CCOCc1nc(C)cc(NCc2nc3cc(OC)ccc3n2C)n1. The van der Waals surface area contributed by atoms with Gasteiger partial charge < -0.3 is 19.4 Å². The van der Waals surface area contributed by atoms with Crippen LogP contribution in [0.3, 0.4) is 0 Å². The third kappa shape index (κ3) is 3.88. The van der Waals surface area contributed by atoms with E-state index in [1.54, 1.807) is 7.11 Å². The number of aryl methyl sites for hydroxylation is 2. The fourth-order valence-corrected chi connectivity index (χ4v) is 2.66. The van der Waals surface area contributed by atoms with Crippen LogP contribution in [0.15, 0.2) is 24.3 Å². The molecule has 3 aromatic rings. The largest absolute Gasteiger partial charge is 0.497 e. The number of methoxy groups -OCH3 is 1. The Morgan fingerprint density at radius 3 is 2.76 bits per heavy atom. The van der Waals surface area contributed by atoms with Gasteiger partial charge in [0.2, 0.25) is 0 Å². The maximum Gasteiger partial charge on any atom is 0.156 e. The maximum atomic E-state index is 5.39. The van der Waals surface area contributed by atoms with Gasteiger partial charge in [0.15, 0.2) is 5.82 Å². The first kappa shape index (κ1) is 17.2. The van der Waals surface area contributed by atoms with E-state index in [1.807, 2.05) is 45.2 Å². The van der Waals surface area contributed by atoms with E-state index in [9.17, 15) is 0 Å². The van der Waals surface area contributed by atoms with E-state index in [-0.39, 0.29) is 0 Å². The van der Waals surface area contributed by atoms with Crippen molar-refractivity contribution >= 4 is 16.9 Å². The van der Waals surface area contributed by atoms with E-state index in [1.165, 1.54) is 0 Å².